The second kappa shape index (κ2) is 5.72. The van der Waals surface area contributed by atoms with Crippen molar-refractivity contribution in [2.24, 2.45) is 0 Å². The number of benzene rings is 1. The Morgan fingerprint density at radius 3 is 2.75 bits per heavy atom. The maximum absolute atomic E-state index is 3.28. The van der Waals surface area contributed by atoms with Gasteiger partial charge in [0.05, 0.1) is 0 Å². The summed E-state index contributed by atoms with van der Waals surface area (Å²) in [4.78, 5) is 0. The summed E-state index contributed by atoms with van der Waals surface area (Å²) in [6.07, 6.45) is 4.16. The van der Waals surface area contributed by atoms with E-state index < -0.39 is 0 Å². The van der Waals surface area contributed by atoms with Crippen LogP contribution in [-0.2, 0) is 0 Å². The largest absolute Gasteiger partial charge is 0.382 e. The van der Waals surface area contributed by atoms with Gasteiger partial charge in [-0.1, -0.05) is 24.3 Å². The summed E-state index contributed by atoms with van der Waals surface area (Å²) in [5.74, 6) is 0. The summed E-state index contributed by atoms with van der Waals surface area (Å²) in [6.45, 7) is 0.894. The Kier molecular flexibility index (Phi) is 4.39. The van der Waals surface area contributed by atoms with Gasteiger partial charge in [-0.15, -0.1) is 11.8 Å². The molecule has 0 atom stereocenters. The first-order valence-electron chi connectivity index (χ1n) is 3.90. The van der Waals surface area contributed by atoms with E-state index in [1.807, 2.05) is 18.2 Å². The Morgan fingerprint density at radius 1 is 1.33 bits per heavy atom. The monoisotopic (exact) mass is 179 g/mol. The Bertz CT molecular complexity index is 231. The minimum atomic E-state index is 0.894. The van der Waals surface area contributed by atoms with Crippen LogP contribution in [0, 0.1) is 0 Å². The molecule has 0 saturated heterocycles. The number of thioether (sulfide) groups is 1. The van der Waals surface area contributed by atoms with Crippen molar-refractivity contribution < 1.29 is 0 Å². The highest BCUT2D eigenvalue weighted by Gasteiger charge is 1.83. The molecule has 0 unspecified atom stereocenters. The number of nitrogens with one attached hydrogen (secondary N) is 1. The van der Waals surface area contributed by atoms with Gasteiger partial charge < -0.3 is 5.32 Å². The molecular formula is C10H13NS. The summed E-state index contributed by atoms with van der Waals surface area (Å²) in [5.41, 5.74) is 1.17. The lowest BCUT2D eigenvalue weighted by atomic mass is 10.3. The molecule has 0 radical (unpaired) electrons. The van der Waals surface area contributed by atoms with Gasteiger partial charge in [-0.3, -0.25) is 0 Å². The predicted molar refractivity (Wildman–Crippen MR) is 57.6 cm³/mol. The normalized spacial score (nSPS) is 10.4. The first-order valence-corrected chi connectivity index (χ1v) is 5.19. The zero-order valence-corrected chi connectivity index (χ0v) is 7.97. The van der Waals surface area contributed by atoms with Crippen molar-refractivity contribution in [3.8, 4) is 0 Å². The number of anilines is 1. The molecule has 0 amide bonds. The SMILES string of the molecule is CS/C=C\CNc1ccccc1. The second-order valence-electron chi connectivity index (χ2n) is 2.35. The minimum Gasteiger partial charge on any atom is -0.382 e. The standard InChI is InChI=1S/C10H13NS/c1-12-9-5-8-11-10-6-3-2-4-7-10/h2-7,9,11H,8H2,1H3/b9-5-. The van der Waals surface area contributed by atoms with Crippen LogP contribution in [0.3, 0.4) is 0 Å². The molecule has 1 nitrogen and oxygen atoms in total. The lowest BCUT2D eigenvalue weighted by molar-refractivity contribution is 1.34. The van der Waals surface area contributed by atoms with Crippen molar-refractivity contribution in [3.05, 3.63) is 41.8 Å². The number of hydrogen-bond acceptors (Lipinski definition) is 2. The van der Waals surface area contributed by atoms with Crippen molar-refractivity contribution in [3.63, 3.8) is 0 Å². The van der Waals surface area contributed by atoms with Gasteiger partial charge in [-0.2, -0.15) is 0 Å². The molecule has 1 aromatic rings. The Labute approximate surface area is 77.9 Å². The molecule has 0 aromatic heterocycles. The van der Waals surface area contributed by atoms with Gasteiger partial charge >= 0.3 is 0 Å². The minimum absolute atomic E-state index is 0.894. The van der Waals surface area contributed by atoms with Crippen LogP contribution < -0.4 is 5.32 Å². The molecule has 0 aliphatic rings. The van der Waals surface area contributed by atoms with Crippen LogP contribution in [0.2, 0.25) is 0 Å². The molecule has 0 bridgehead atoms. The third kappa shape index (κ3) is 3.49. The van der Waals surface area contributed by atoms with Gasteiger partial charge in [0.2, 0.25) is 0 Å². The van der Waals surface area contributed by atoms with Crippen molar-refractivity contribution in [1.29, 1.82) is 0 Å². The molecule has 2 heteroatoms. The van der Waals surface area contributed by atoms with E-state index in [1.165, 1.54) is 5.69 Å². The maximum atomic E-state index is 3.28. The Hall–Kier alpha value is -0.890. The first-order chi connectivity index (χ1) is 5.93. The lowest BCUT2D eigenvalue weighted by Gasteiger charge is -2.00. The van der Waals surface area contributed by atoms with E-state index in [9.17, 15) is 0 Å². The molecule has 1 aromatic carbocycles. The summed E-state index contributed by atoms with van der Waals surface area (Å²) < 4.78 is 0. The molecular weight excluding hydrogens is 166 g/mol. The number of para-hydroxylation sites is 1. The fourth-order valence-corrected chi connectivity index (χ4v) is 1.17. The van der Waals surface area contributed by atoms with Gasteiger partial charge in [0.15, 0.2) is 0 Å². The molecule has 1 N–H and O–H groups in total. The van der Waals surface area contributed by atoms with Crippen LogP contribution in [0.15, 0.2) is 41.8 Å². The van der Waals surface area contributed by atoms with E-state index in [4.69, 9.17) is 0 Å². The van der Waals surface area contributed by atoms with Gasteiger partial charge in [-0.05, 0) is 23.8 Å². The van der Waals surface area contributed by atoms with Gasteiger partial charge in [0, 0.05) is 12.2 Å². The molecule has 12 heavy (non-hydrogen) atoms. The molecule has 0 spiro atoms. The highest BCUT2D eigenvalue weighted by molar-refractivity contribution is 8.01. The summed E-state index contributed by atoms with van der Waals surface area (Å²) in [7, 11) is 0. The molecule has 0 saturated carbocycles. The third-order valence-corrected chi connectivity index (χ3v) is 1.89. The highest BCUT2D eigenvalue weighted by Crippen LogP contribution is 2.04. The van der Waals surface area contributed by atoms with E-state index in [0.717, 1.165) is 6.54 Å². The van der Waals surface area contributed by atoms with Crippen molar-refractivity contribution in [1.82, 2.24) is 0 Å². The Balaban J connectivity index is 2.29. The third-order valence-electron chi connectivity index (χ3n) is 1.43. The van der Waals surface area contributed by atoms with Crippen molar-refractivity contribution >= 4 is 17.4 Å². The van der Waals surface area contributed by atoms with Gasteiger partial charge in [0.25, 0.3) is 0 Å². The highest BCUT2D eigenvalue weighted by atomic mass is 32.2. The average molecular weight is 179 g/mol. The molecule has 0 heterocycles. The second-order valence-corrected chi connectivity index (χ2v) is 3.10. The lowest BCUT2D eigenvalue weighted by Crippen LogP contribution is -1.96. The van der Waals surface area contributed by atoms with E-state index in [-0.39, 0.29) is 0 Å². The van der Waals surface area contributed by atoms with Crippen LogP contribution in [-0.4, -0.2) is 12.8 Å². The zero-order chi connectivity index (χ0) is 8.65. The fourth-order valence-electron chi connectivity index (χ4n) is 0.877. The summed E-state index contributed by atoms with van der Waals surface area (Å²) in [6, 6.07) is 10.2. The maximum Gasteiger partial charge on any atom is 0.0342 e. The molecule has 64 valence electrons. The van der Waals surface area contributed by atoms with Crippen LogP contribution >= 0.6 is 11.8 Å². The summed E-state index contributed by atoms with van der Waals surface area (Å²) >= 11 is 1.72. The molecule has 0 fully saturated rings. The quantitative estimate of drug-likeness (QED) is 0.762. The van der Waals surface area contributed by atoms with Gasteiger partial charge in [0.1, 0.15) is 0 Å². The van der Waals surface area contributed by atoms with Crippen molar-refractivity contribution in [2.45, 2.75) is 0 Å². The number of rotatable bonds is 4. The fraction of sp³-hybridized carbons (Fsp3) is 0.200. The van der Waals surface area contributed by atoms with E-state index >= 15 is 0 Å². The van der Waals surface area contributed by atoms with Crippen LogP contribution in [0.5, 0.6) is 0 Å². The van der Waals surface area contributed by atoms with Crippen LogP contribution in [0.4, 0.5) is 5.69 Å². The van der Waals surface area contributed by atoms with Crippen LogP contribution in [0.25, 0.3) is 0 Å². The molecule has 1 rings (SSSR count). The van der Waals surface area contributed by atoms with E-state index in [1.54, 1.807) is 11.8 Å². The van der Waals surface area contributed by atoms with E-state index in [2.05, 4.69) is 35.2 Å². The van der Waals surface area contributed by atoms with Crippen molar-refractivity contribution in [2.75, 3.05) is 18.1 Å². The smallest absolute Gasteiger partial charge is 0.0342 e. The topological polar surface area (TPSA) is 12.0 Å². The first kappa shape index (κ1) is 9.20. The van der Waals surface area contributed by atoms with Crippen LogP contribution in [0.1, 0.15) is 0 Å². The number of hydrogen-bond donors (Lipinski definition) is 1. The molecule has 0 aliphatic carbocycles. The average Bonchev–Trinajstić information content (AvgIpc) is 2.14. The predicted octanol–water partition coefficient (Wildman–Crippen LogP) is 2.98. The summed E-state index contributed by atoms with van der Waals surface area (Å²) in [5, 5.41) is 5.36. The molecule has 0 aliphatic heterocycles. The zero-order valence-electron chi connectivity index (χ0n) is 7.16. The Morgan fingerprint density at radius 2 is 2.08 bits per heavy atom. The van der Waals surface area contributed by atoms with Gasteiger partial charge in [-0.25, -0.2) is 0 Å². The van der Waals surface area contributed by atoms with E-state index in [0.29, 0.717) is 0 Å².